The number of amides is 1. The van der Waals surface area contributed by atoms with Crippen LogP contribution in [0.4, 0.5) is 5.69 Å². The number of hydrogen-bond acceptors (Lipinski definition) is 3. The van der Waals surface area contributed by atoms with Crippen molar-refractivity contribution in [1.82, 2.24) is 4.98 Å². The van der Waals surface area contributed by atoms with Crippen molar-refractivity contribution < 1.29 is 9.53 Å². The quantitative estimate of drug-likeness (QED) is 0.936. The van der Waals surface area contributed by atoms with E-state index in [4.69, 9.17) is 16.3 Å². The number of carbonyl (C=O) groups excluding carboxylic acids is 1. The Labute approximate surface area is 116 Å². The van der Waals surface area contributed by atoms with Gasteiger partial charge in [0, 0.05) is 29.0 Å². The summed E-state index contributed by atoms with van der Waals surface area (Å²) in [6, 6.07) is 6.74. The van der Waals surface area contributed by atoms with Crippen molar-refractivity contribution >= 4 is 23.2 Å². The summed E-state index contributed by atoms with van der Waals surface area (Å²) in [5.41, 5.74) is 1.99. The minimum absolute atomic E-state index is 0.220. The van der Waals surface area contributed by atoms with Gasteiger partial charge in [0.2, 0.25) is 0 Å². The molecule has 5 heteroatoms. The lowest BCUT2D eigenvalue weighted by molar-refractivity contribution is 0.102. The van der Waals surface area contributed by atoms with Gasteiger partial charge in [0.15, 0.2) is 0 Å². The van der Waals surface area contributed by atoms with E-state index in [1.54, 1.807) is 36.7 Å². The molecule has 0 radical (unpaired) electrons. The molecule has 1 aromatic heterocycles. The molecule has 0 saturated heterocycles. The van der Waals surface area contributed by atoms with Crippen molar-refractivity contribution in [3.05, 3.63) is 52.8 Å². The third-order valence-corrected chi connectivity index (χ3v) is 3.08. The van der Waals surface area contributed by atoms with Gasteiger partial charge in [-0.25, -0.2) is 0 Å². The molecule has 1 heterocycles. The molecule has 19 heavy (non-hydrogen) atoms. The number of rotatable bonds is 3. The summed E-state index contributed by atoms with van der Waals surface area (Å²) in [5.74, 6) is 0.306. The maximum atomic E-state index is 12.1. The summed E-state index contributed by atoms with van der Waals surface area (Å²) in [6.07, 6.45) is 3.14. The number of ether oxygens (including phenoxy) is 1. The van der Waals surface area contributed by atoms with Gasteiger partial charge in [0.25, 0.3) is 5.91 Å². The molecule has 0 unspecified atom stereocenters. The molecule has 1 N–H and O–H groups in total. The minimum atomic E-state index is -0.220. The Morgan fingerprint density at radius 3 is 2.63 bits per heavy atom. The van der Waals surface area contributed by atoms with Crippen LogP contribution in [0.1, 0.15) is 15.9 Å². The molecule has 98 valence electrons. The second-order valence-corrected chi connectivity index (χ2v) is 4.40. The molecule has 0 aliphatic carbocycles. The Hall–Kier alpha value is -2.07. The average molecular weight is 277 g/mol. The number of anilines is 1. The lowest BCUT2D eigenvalue weighted by atomic mass is 10.2. The molecule has 0 bridgehead atoms. The van der Waals surface area contributed by atoms with Gasteiger partial charge in [-0.2, -0.15) is 0 Å². The van der Waals surface area contributed by atoms with Crippen LogP contribution in [-0.4, -0.2) is 18.0 Å². The fourth-order valence-electron chi connectivity index (χ4n) is 1.63. The predicted octanol–water partition coefficient (Wildman–Crippen LogP) is 3.30. The number of halogens is 1. The van der Waals surface area contributed by atoms with E-state index in [1.807, 2.05) is 6.92 Å². The average Bonchev–Trinajstić information content (AvgIpc) is 2.43. The fraction of sp³-hybridized carbons (Fsp3) is 0.143. The monoisotopic (exact) mass is 276 g/mol. The number of aryl methyl sites for hydroxylation is 1. The van der Waals surface area contributed by atoms with Gasteiger partial charge in [-0.15, -0.1) is 0 Å². The van der Waals surface area contributed by atoms with Gasteiger partial charge < -0.3 is 10.1 Å². The molecular weight excluding hydrogens is 264 g/mol. The standard InChI is InChI=1S/C14H13ClN2O2/c1-9-7-12(13(19-2)8-11(9)15)17-14(18)10-3-5-16-6-4-10/h3-8H,1-2H3,(H,17,18). The van der Waals surface area contributed by atoms with E-state index in [2.05, 4.69) is 10.3 Å². The summed E-state index contributed by atoms with van der Waals surface area (Å²) >= 11 is 6.02. The van der Waals surface area contributed by atoms with E-state index in [0.717, 1.165) is 5.56 Å². The van der Waals surface area contributed by atoms with Crippen LogP contribution in [0.5, 0.6) is 5.75 Å². The number of methoxy groups -OCH3 is 1. The molecule has 0 fully saturated rings. The Bertz CT molecular complexity index is 600. The maximum Gasteiger partial charge on any atom is 0.255 e. The smallest absolute Gasteiger partial charge is 0.255 e. The van der Waals surface area contributed by atoms with Crippen LogP contribution in [0.15, 0.2) is 36.7 Å². The van der Waals surface area contributed by atoms with Gasteiger partial charge >= 0.3 is 0 Å². The van der Waals surface area contributed by atoms with Crippen LogP contribution in [0.3, 0.4) is 0 Å². The van der Waals surface area contributed by atoms with Crippen LogP contribution in [0.2, 0.25) is 5.02 Å². The molecule has 0 atom stereocenters. The molecule has 2 rings (SSSR count). The third-order valence-electron chi connectivity index (χ3n) is 2.67. The lowest BCUT2D eigenvalue weighted by Gasteiger charge is -2.12. The van der Waals surface area contributed by atoms with E-state index in [0.29, 0.717) is 22.0 Å². The molecule has 1 aromatic carbocycles. The van der Waals surface area contributed by atoms with Crippen molar-refractivity contribution in [2.24, 2.45) is 0 Å². The van der Waals surface area contributed by atoms with E-state index in [-0.39, 0.29) is 5.91 Å². The molecule has 0 saturated carbocycles. The number of nitrogens with one attached hydrogen (secondary N) is 1. The minimum Gasteiger partial charge on any atom is -0.495 e. The van der Waals surface area contributed by atoms with E-state index in [9.17, 15) is 4.79 Å². The Kier molecular flexibility index (Phi) is 4.02. The number of nitrogens with zero attached hydrogens (tertiary/aromatic N) is 1. The first-order valence-corrected chi connectivity index (χ1v) is 6.05. The highest BCUT2D eigenvalue weighted by molar-refractivity contribution is 6.31. The van der Waals surface area contributed by atoms with Crippen LogP contribution in [-0.2, 0) is 0 Å². The highest BCUT2D eigenvalue weighted by atomic mass is 35.5. The Morgan fingerprint density at radius 1 is 1.32 bits per heavy atom. The van der Waals surface area contributed by atoms with Crippen molar-refractivity contribution in [2.45, 2.75) is 6.92 Å². The van der Waals surface area contributed by atoms with Crippen LogP contribution in [0.25, 0.3) is 0 Å². The van der Waals surface area contributed by atoms with Crippen LogP contribution >= 0.6 is 11.6 Å². The largest absolute Gasteiger partial charge is 0.495 e. The molecule has 0 spiro atoms. The first kappa shape index (κ1) is 13.4. The summed E-state index contributed by atoms with van der Waals surface area (Å²) in [7, 11) is 1.53. The number of pyridine rings is 1. The third kappa shape index (κ3) is 3.03. The highest BCUT2D eigenvalue weighted by Crippen LogP contribution is 2.31. The van der Waals surface area contributed by atoms with Crippen molar-refractivity contribution in [3.63, 3.8) is 0 Å². The van der Waals surface area contributed by atoms with Crippen LogP contribution < -0.4 is 10.1 Å². The molecular formula is C14H13ClN2O2. The van der Waals surface area contributed by atoms with E-state index in [1.165, 1.54) is 7.11 Å². The van der Waals surface area contributed by atoms with E-state index >= 15 is 0 Å². The van der Waals surface area contributed by atoms with Crippen molar-refractivity contribution in [2.75, 3.05) is 12.4 Å². The number of carbonyl (C=O) groups is 1. The zero-order chi connectivity index (χ0) is 13.8. The van der Waals surface area contributed by atoms with Gasteiger partial charge in [0.1, 0.15) is 5.75 Å². The zero-order valence-corrected chi connectivity index (χ0v) is 11.4. The van der Waals surface area contributed by atoms with Gasteiger partial charge in [-0.05, 0) is 30.7 Å². The zero-order valence-electron chi connectivity index (χ0n) is 10.6. The maximum absolute atomic E-state index is 12.1. The van der Waals surface area contributed by atoms with Gasteiger partial charge in [-0.1, -0.05) is 11.6 Å². The number of benzene rings is 1. The summed E-state index contributed by atoms with van der Waals surface area (Å²) in [5, 5.41) is 3.39. The first-order chi connectivity index (χ1) is 9.11. The normalized spacial score (nSPS) is 10.1. The molecule has 2 aromatic rings. The fourth-order valence-corrected chi connectivity index (χ4v) is 1.78. The molecule has 1 amide bonds. The summed E-state index contributed by atoms with van der Waals surface area (Å²) < 4.78 is 5.21. The second-order valence-electron chi connectivity index (χ2n) is 3.99. The Balaban J connectivity index is 2.28. The van der Waals surface area contributed by atoms with Gasteiger partial charge in [-0.3, -0.25) is 9.78 Å². The molecule has 4 nitrogen and oxygen atoms in total. The summed E-state index contributed by atoms with van der Waals surface area (Å²) in [6.45, 7) is 1.86. The first-order valence-electron chi connectivity index (χ1n) is 5.67. The molecule has 0 aliphatic heterocycles. The predicted molar refractivity (Wildman–Crippen MR) is 74.9 cm³/mol. The number of hydrogen-bond donors (Lipinski definition) is 1. The lowest BCUT2D eigenvalue weighted by Crippen LogP contribution is -2.12. The highest BCUT2D eigenvalue weighted by Gasteiger charge is 2.11. The van der Waals surface area contributed by atoms with Crippen LogP contribution in [0, 0.1) is 6.92 Å². The van der Waals surface area contributed by atoms with Gasteiger partial charge in [0.05, 0.1) is 12.8 Å². The number of aromatic nitrogens is 1. The second kappa shape index (κ2) is 5.71. The topological polar surface area (TPSA) is 51.2 Å². The summed E-state index contributed by atoms with van der Waals surface area (Å²) in [4.78, 5) is 15.9. The Morgan fingerprint density at radius 2 is 2.00 bits per heavy atom. The molecule has 0 aliphatic rings. The van der Waals surface area contributed by atoms with Crippen molar-refractivity contribution in [1.29, 1.82) is 0 Å². The van der Waals surface area contributed by atoms with E-state index < -0.39 is 0 Å². The van der Waals surface area contributed by atoms with Crippen molar-refractivity contribution in [3.8, 4) is 5.75 Å². The SMILES string of the molecule is COc1cc(Cl)c(C)cc1NC(=O)c1ccncc1.